The molecule has 0 saturated heterocycles. The maximum absolute atomic E-state index is 13.0. The summed E-state index contributed by atoms with van der Waals surface area (Å²) in [5.74, 6) is 0.490. The molecule has 2 aromatic rings. The van der Waals surface area contributed by atoms with Gasteiger partial charge in [0.15, 0.2) is 0 Å². The summed E-state index contributed by atoms with van der Waals surface area (Å²) in [6.45, 7) is 1.48. The summed E-state index contributed by atoms with van der Waals surface area (Å²) in [5, 5.41) is 3.17. The first kappa shape index (κ1) is 12.8. The average molecular weight is 275 g/mol. The van der Waals surface area contributed by atoms with Gasteiger partial charge in [0, 0.05) is 18.2 Å². The first-order chi connectivity index (χ1) is 9.72. The quantitative estimate of drug-likeness (QED) is 0.881. The Hall–Kier alpha value is -2.21. The monoisotopic (exact) mass is 275 g/mol. The number of benzene rings is 1. The summed E-state index contributed by atoms with van der Waals surface area (Å²) in [7, 11) is 0. The molecular weight excluding hydrogens is 261 g/mol. The largest absolute Gasteiger partial charge is 0.486 e. The number of rotatable bonds is 3. The van der Waals surface area contributed by atoms with Gasteiger partial charge < -0.3 is 15.0 Å². The molecule has 0 unspecified atom stereocenters. The highest BCUT2D eigenvalue weighted by molar-refractivity contribution is 5.23. The topological polar surface area (TPSA) is 67.0 Å². The van der Waals surface area contributed by atoms with Crippen molar-refractivity contribution in [1.82, 2.24) is 15.3 Å². The Kier molecular flexibility index (Phi) is 3.47. The molecule has 0 atom stereocenters. The van der Waals surface area contributed by atoms with Gasteiger partial charge >= 0.3 is 0 Å². The molecule has 20 heavy (non-hydrogen) atoms. The first-order valence-electron chi connectivity index (χ1n) is 6.42. The fraction of sp³-hybridized carbons (Fsp3) is 0.286. The first-order valence-corrected chi connectivity index (χ1v) is 6.42. The van der Waals surface area contributed by atoms with E-state index in [1.807, 2.05) is 0 Å². The summed E-state index contributed by atoms with van der Waals surface area (Å²) in [4.78, 5) is 19.0. The van der Waals surface area contributed by atoms with Gasteiger partial charge in [-0.3, -0.25) is 4.79 Å². The molecule has 0 radical (unpaired) electrons. The van der Waals surface area contributed by atoms with Crippen LogP contribution in [0.4, 0.5) is 4.39 Å². The SMILES string of the molecule is O=c1[nH]c(COc2cccc(F)c2)nc2c1CCNC2. The molecule has 1 aliphatic heterocycles. The third kappa shape index (κ3) is 2.70. The molecule has 1 aromatic heterocycles. The number of ether oxygens (including phenoxy) is 1. The van der Waals surface area contributed by atoms with Crippen molar-refractivity contribution in [2.24, 2.45) is 0 Å². The fourth-order valence-electron chi connectivity index (χ4n) is 2.20. The smallest absolute Gasteiger partial charge is 0.254 e. The maximum atomic E-state index is 13.0. The highest BCUT2D eigenvalue weighted by Gasteiger charge is 2.15. The van der Waals surface area contributed by atoms with Crippen LogP contribution in [-0.4, -0.2) is 16.5 Å². The van der Waals surface area contributed by atoms with Crippen LogP contribution in [0.2, 0.25) is 0 Å². The average Bonchev–Trinajstić information content (AvgIpc) is 2.45. The van der Waals surface area contributed by atoms with Gasteiger partial charge in [-0.2, -0.15) is 0 Å². The summed E-state index contributed by atoms with van der Waals surface area (Å²) in [6.07, 6.45) is 0.683. The number of fused-ring (bicyclic) bond motifs is 1. The second-order valence-corrected chi connectivity index (χ2v) is 4.61. The van der Waals surface area contributed by atoms with Crippen molar-refractivity contribution in [2.75, 3.05) is 6.54 Å². The van der Waals surface area contributed by atoms with Gasteiger partial charge in [-0.1, -0.05) is 6.07 Å². The molecule has 6 heteroatoms. The van der Waals surface area contributed by atoms with Crippen molar-refractivity contribution in [3.8, 4) is 5.75 Å². The Balaban J connectivity index is 1.78. The van der Waals surface area contributed by atoms with Gasteiger partial charge in [0.2, 0.25) is 0 Å². The summed E-state index contributed by atoms with van der Waals surface area (Å²) < 4.78 is 18.4. The number of nitrogens with one attached hydrogen (secondary N) is 2. The predicted octanol–water partition coefficient (Wildman–Crippen LogP) is 1.13. The molecule has 104 valence electrons. The van der Waals surface area contributed by atoms with Gasteiger partial charge in [-0.15, -0.1) is 0 Å². The van der Waals surface area contributed by atoms with E-state index in [1.54, 1.807) is 12.1 Å². The van der Waals surface area contributed by atoms with E-state index in [0.29, 0.717) is 24.5 Å². The van der Waals surface area contributed by atoms with E-state index < -0.39 is 0 Å². The molecule has 3 rings (SSSR count). The number of H-pyrrole nitrogens is 1. The van der Waals surface area contributed by atoms with Crippen LogP contribution in [0.3, 0.4) is 0 Å². The lowest BCUT2D eigenvalue weighted by molar-refractivity contribution is 0.293. The van der Waals surface area contributed by atoms with Crippen molar-refractivity contribution in [2.45, 2.75) is 19.6 Å². The van der Waals surface area contributed by atoms with Crippen LogP contribution in [0.1, 0.15) is 17.1 Å². The second kappa shape index (κ2) is 5.42. The molecule has 0 fully saturated rings. The normalized spacial score (nSPS) is 13.8. The second-order valence-electron chi connectivity index (χ2n) is 4.61. The standard InChI is InChI=1S/C14H14FN3O2/c15-9-2-1-3-10(6-9)20-8-13-17-12-7-16-5-4-11(12)14(19)18-13/h1-3,6,16H,4-5,7-8H2,(H,17,18,19). The van der Waals surface area contributed by atoms with Crippen molar-refractivity contribution < 1.29 is 9.13 Å². The van der Waals surface area contributed by atoms with E-state index in [4.69, 9.17) is 4.74 Å². The van der Waals surface area contributed by atoms with Crippen LogP contribution in [0, 0.1) is 5.82 Å². The van der Waals surface area contributed by atoms with Gasteiger partial charge in [0.1, 0.15) is 24.0 Å². The number of nitrogens with zero attached hydrogens (tertiary/aromatic N) is 1. The molecule has 0 aliphatic carbocycles. The Labute approximate surface area is 114 Å². The summed E-state index contributed by atoms with van der Waals surface area (Å²) in [5.41, 5.74) is 1.38. The molecule has 0 amide bonds. The lowest BCUT2D eigenvalue weighted by atomic mass is 10.1. The molecule has 0 bridgehead atoms. The van der Waals surface area contributed by atoms with E-state index in [1.165, 1.54) is 12.1 Å². The highest BCUT2D eigenvalue weighted by Crippen LogP contribution is 2.13. The van der Waals surface area contributed by atoms with Gasteiger partial charge in [0.25, 0.3) is 5.56 Å². The highest BCUT2D eigenvalue weighted by atomic mass is 19.1. The molecule has 1 aliphatic rings. The third-order valence-corrected chi connectivity index (χ3v) is 3.17. The number of halogens is 1. The molecule has 1 aromatic carbocycles. The minimum atomic E-state index is -0.362. The van der Waals surface area contributed by atoms with E-state index in [2.05, 4.69) is 15.3 Å². The van der Waals surface area contributed by atoms with Gasteiger partial charge in [-0.25, -0.2) is 9.37 Å². The van der Waals surface area contributed by atoms with Crippen LogP contribution < -0.4 is 15.6 Å². The van der Waals surface area contributed by atoms with E-state index in [0.717, 1.165) is 17.8 Å². The minimum absolute atomic E-state index is 0.103. The van der Waals surface area contributed by atoms with E-state index in [-0.39, 0.29) is 18.0 Å². The summed E-state index contributed by atoms with van der Waals surface area (Å²) >= 11 is 0. The Morgan fingerprint density at radius 2 is 2.30 bits per heavy atom. The zero-order valence-electron chi connectivity index (χ0n) is 10.8. The molecule has 2 N–H and O–H groups in total. The fourth-order valence-corrected chi connectivity index (χ4v) is 2.20. The Bertz CT molecular complexity index is 684. The van der Waals surface area contributed by atoms with Crippen LogP contribution in [-0.2, 0) is 19.6 Å². The van der Waals surface area contributed by atoms with Crippen LogP contribution >= 0.6 is 0 Å². The lowest BCUT2D eigenvalue weighted by Crippen LogP contribution is -2.32. The van der Waals surface area contributed by atoms with Crippen molar-refractivity contribution >= 4 is 0 Å². The van der Waals surface area contributed by atoms with Crippen LogP contribution in [0.15, 0.2) is 29.1 Å². The van der Waals surface area contributed by atoms with E-state index in [9.17, 15) is 9.18 Å². The van der Waals surface area contributed by atoms with E-state index >= 15 is 0 Å². The zero-order chi connectivity index (χ0) is 13.9. The Morgan fingerprint density at radius 1 is 1.40 bits per heavy atom. The molecule has 0 saturated carbocycles. The molecule has 2 heterocycles. The number of aromatic nitrogens is 2. The molecular formula is C14H14FN3O2. The molecule has 0 spiro atoms. The van der Waals surface area contributed by atoms with Crippen LogP contribution in [0.25, 0.3) is 0 Å². The van der Waals surface area contributed by atoms with Crippen molar-refractivity contribution in [3.05, 3.63) is 57.5 Å². The number of hydrogen-bond acceptors (Lipinski definition) is 4. The predicted molar refractivity (Wildman–Crippen MR) is 71.0 cm³/mol. The third-order valence-electron chi connectivity index (χ3n) is 3.17. The molecule has 5 nitrogen and oxygen atoms in total. The van der Waals surface area contributed by atoms with Gasteiger partial charge in [0.05, 0.1) is 5.69 Å². The van der Waals surface area contributed by atoms with Crippen molar-refractivity contribution in [1.29, 1.82) is 0 Å². The van der Waals surface area contributed by atoms with Crippen LogP contribution in [0.5, 0.6) is 5.75 Å². The van der Waals surface area contributed by atoms with Crippen molar-refractivity contribution in [3.63, 3.8) is 0 Å². The Morgan fingerprint density at radius 3 is 3.15 bits per heavy atom. The zero-order valence-corrected chi connectivity index (χ0v) is 10.8. The number of hydrogen-bond donors (Lipinski definition) is 2. The lowest BCUT2D eigenvalue weighted by Gasteiger charge is -2.16. The maximum Gasteiger partial charge on any atom is 0.254 e. The minimum Gasteiger partial charge on any atom is -0.486 e. The number of aromatic amines is 1. The summed E-state index contributed by atoms with van der Waals surface area (Å²) in [6, 6.07) is 5.86. The van der Waals surface area contributed by atoms with Gasteiger partial charge in [-0.05, 0) is 25.1 Å².